The highest BCUT2D eigenvalue weighted by atomic mass is 35.5. The summed E-state index contributed by atoms with van der Waals surface area (Å²) in [6.45, 7) is 0.913. The molecule has 0 unspecified atom stereocenters. The van der Waals surface area contributed by atoms with Crippen LogP contribution in [0.2, 0.25) is 5.02 Å². The highest BCUT2D eigenvalue weighted by Crippen LogP contribution is 2.35. The van der Waals surface area contributed by atoms with E-state index in [4.69, 9.17) is 15.8 Å². The maximum Gasteiger partial charge on any atom is 0.385 e. The predicted molar refractivity (Wildman–Crippen MR) is 106 cm³/mol. The molecule has 0 atom stereocenters. The SMILES string of the molecule is Cn1c(-c2cncc(OS(=O)(=O)N3CCCC3)c2)c(C#N)c2ccc(Cl)cc21. The molecule has 4 rings (SSSR count). The minimum Gasteiger partial charge on any atom is -0.369 e. The Hall–Kier alpha value is -2.60. The van der Waals surface area contributed by atoms with E-state index in [0.29, 0.717) is 34.9 Å². The van der Waals surface area contributed by atoms with E-state index in [1.807, 2.05) is 11.6 Å². The molecule has 0 radical (unpaired) electrons. The molecular weight excluding hydrogens is 400 g/mol. The molecule has 3 aromatic rings. The lowest BCUT2D eigenvalue weighted by Crippen LogP contribution is -2.31. The number of halogens is 1. The number of pyridine rings is 1. The summed E-state index contributed by atoms with van der Waals surface area (Å²) in [4.78, 5) is 4.12. The third-order valence-corrected chi connectivity index (χ3v) is 6.48. The summed E-state index contributed by atoms with van der Waals surface area (Å²) in [6.07, 6.45) is 4.57. The van der Waals surface area contributed by atoms with E-state index in [9.17, 15) is 13.7 Å². The molecule has 0 spiro atoms. The molecule has 1 saturated heterocycles. The van der Waals surface area contributed by atoms with E-state index in [-0.39, 0.29) is 5.75 Å². The van der Waals surface area contributed by atoms with Crippen LogP contribution in [-0.2, 0) is 17.4 Å². The van der Waals surface area contributed by atoms with E-state index >= 15 is 0 Å². The summed E-state index contributed by atoms with van der Waals surface area (Å²) in [7, 11) is -2.04. The molecule has 0 bridgehead atoms. The van der Waals surface area contributed by atoms with Gasteiger partial charge < -0.3 is 8.75 Å². The summed E-state index contributed by atoms with van der Waals surface area (Å²) in [5.41, 5.74) is 2.47. The molecule has 0 aliphatic carbocycles. The molecule has 1 aromatic carbocycles. The maximum atomic E-state index is 12.4. The minimum absolute atomic E-state index is 0.108. The zero-order chi connectivity index (χ0) is 19.9. The third kappa shape index (κ3) is 3.22. The molecule has 144 valence electrons. The van der Waals surface area contributed by atoms with E-state index in [1.54, 1.807) is 30.5 Å². The van der Waals surface area contributed by atoms with Gasteiger partial charge in [-0.15, -0.1) is 0 Å². The fourth-order valence-corrected chi connectivity index (χ4v) is 4.85. The van der Waals surface area contributed by atoms with Gasteiger partial charge in [-0.1, -0.05) is 11.6 Å². The molecule has 7 nitrogen and oxygen atoms in total. The van der Waals surface area contributed by atoms with Crippen LogP contribution in [0.25, 0.3) is 22.2 Å². The average Bonchev–Trinajstić information content (AvgIpc) is 3.29. The van der Waals surface area contributed by atoms with Gasteiger partial charge in [-0.2, -0.15) is 18.0 Å². The number of hydrogen-bond donors (Lipinski definition) is 0. The van der Waals surface area contributed by atoms with Gasteiger partial charge in [0.15, 0.2) is 5.75 Å². The molecule has 28 heavy (non-hydrogen) atoms. The van der Waals surface area contributed by atoms with Crippen molar-refractivity contribution >= 4 is 32.8 Å². The molecule has 3 heterocycles. The Labute approximate surface area is 168 Å². The summed E-state index contributed by atoms with van der Waals surface area (Å²) in [5, 5.41) is 11.0. The smallest absolute Gasteiger partial charge is 0.369 e. The van der Waals surface area contributed by atoms with Crippen molar-refractivity contribution in [2.24, 2.45) is 7.05 Å². The highest BCUT2D eigenvalue weighted by Gasteiger charge is 2.27. The standard InChI is InChI=1S/C19H17ClN4O3S/c1-23-18-9-14(20)4-5-16(18)17(10-21)19(23)13-8-15(12-22-11-13)27-28(25,26)24-6-2-3-7-24/h4-5,8-9,11-12H,2-3,6-7H2,1H3. The zero-order valence-corrected chi connectivity index (χ0v) is 16.7. The van der Waals surface area contributed by atoms with Gasteiger partial charge in [0, 0.05) is 42.3 Å². The number of benzene rings is 1. The normalized spacial score (nSPS) is 15.0. The van der Waals surface area contributed by atoms with Gasteiger partial charge in [0.05, 0.1) is 23.0 Å². The van der Waals surface area contributed by atoms with Gasteiger partial charge in [-0.25, -0.2) is 0 Å². The van der Waals surface area contributed by atoms with E-state index in [1.165, 1.54) is 10.5 Å². The summed E-state index contributed by atoms with van der Waals surface area (Å²) in [5.74, 6) is 0.108. The molecule has 9 heteroatoms. The third-order valence-electron chi connectivity index (χ3n) is 4.84. The first-order chi connectivity index (χ1) is 13.4. The zero-order valence-electron chi connectivity index (χ0n) is 15.1. The summed E-state index contributed by atoms with van der Waals surface area (Å²) < 4.78 is 33.3. The van der Waals surface area contributed by atoms with Gasteiger partial charge >= 0.3 is 10.3 Å². The molecular formula is C19H17ClN4O3S. The first-order valence-corrected chi connectivity index (χ1v) is 10.5. The first-order valence-electron chi connectivity index (χ1n) is 8.74. The molecule has 1 aliphatic rings. The van der Waals surface area contributed by atoms with Gasteiger partial charge in [0.25, 0.3) is 0 Å². The Morgan fingerprint density at radius 2 is 1.96 bits per heavy atom. The van der Waals surface area contributed by atoms with Crippen molar-refractivity contribution in [2.75, 3.05) is 13.1 Å². The predicted octanol–water partition coefficient (Wildman–Crippen LogP) is 3.48. The van der Waals surface area contributed by atoms with Crippen LogP contribution in [0, 0.1) is 11.3 Å². The largest absolute Gasteiger partial charge is 0.385 e. The van der Waals surface area contributed by atoms with Crippen molar-refractivity contribution in [1.29, 1.82) is 5.26 Å². The van der Waals surface area contributed by atoms with Crippen LogP contribution in [0.3, 0.4) is 0 Å². The molecule has 0 amide bonds. The Balaban J connectivity index is 1.78. The number of nitrogens with zero attached hydrogens (tertiary/aromatic N) is 4. The molecule has 0 saturated carbocycles. The van der Waals surface area contributed by atoms with Crippen molar-refractivity contribution in [3.63, 3.8) is 0 Å². The van der Waals surface area contributed by atoms with Crippen LogP contribution >= 0.6 is 11.6 Å². The Morgan fingerprint density at radius 1 is 1.21 bits per heavy atom. The second kappa shape index (κ2) is 7.09. The fraction of sp³-hybridized carbons (Fsp3) is 0.263. The number of nitriles is 1. The van der Waals surface area contributed by atoms with Crippen LogP contribution in [0.4, 0.5) is 0 Å². The van der Waals surface area contributed by atoms with Gasteiger partial charge in [-0.05, 0) is 37.1 Å². The molecule has 1 fully saturated rings. The van der Waals surface area contributed by atoms with Crippen molar-refractivity contribution in [2.45, 2.75) is 12.8 Å². The average molecular weight is 417 g/mol. The van der Waals surface area contributed by atoms with E-state index in [0.717, 1.165) is 23.7 Å². The van der Waals surface area contributed by atoms with Crippen molar-refractivity contribution in [1.82, 2.24) is 13.9 Å². The highest BCUT2D eigenvalue weighted by molar-refractivity contribution is 7.84. The van der Waals surface area contributed by atoms with Crippen LogP contribution in [0.15, 0.2) is 36.7 Å². The maximum absolute atomic E-state index is 12.4. The molecule has 2 aromatic heterocycles. The van der Waals surface area contributed by atoms with Gasteiger partial charge in [0.1, 0.15) is 6.07 Å². The lowest BCUT2D eigenvalue weighted by molar-refractivity contribution is 0.395. The lowest BCUT2D eigenvalue weighted by Gasteiger charge is -2.15. The van der Waals surface area contributed by atoms with Crippen molar-refractivity contribution in [3.8, 4) is 23.1 Å². The topological polar surface area (TPSA) is 88.2 Å². The number of fused-ring (bicyclic) bond motifs is 1. The number of aryl methyl sites for hydroxylation is 1. The van der Waals surface area contributed by atoms with E-state index < -0.39 is 10.3 Å². The van der Waals surface area contributed by atoms with Crippen LogP contribution in [0.5, 0.6) is 5.75 Å². The summed E-state index contributed by atoms with van der Waals surface area (Å²) in [6, 6.07) is 9.12. The first kappa shape index (κ1) is 18.7. The van der Waals surface area contributed by atoms with Crippen molar-refractivity contribution < 1.29 is 12.6 Å². The fourth-order valence-electron chi connectivity index (χ4n) is 3.54. The van der Waals surface area contributed by atoms with Gasteiger partial charge in [0.2, 0.25) is 0 Å². The summed E-state index contributed by atoms with van der Waals surface area (Å²) >= 11 is 6.10. The van der Waals surface area contributed by atoms with Gasteiger partial charge in [-0.3, -0.25) is 4.98 Å². The van der Waals surface area contributed by atoms with Crippen LogP contribution in [0.1, 0.15) is 18.4 Å². The van der Waals surface area contributed by atoms with Crippen LogP contribution < -0.4 is 4.18 Å². The van der Waals surface area contributed by atoms with Crippen molar-refractivity contribution in [3.05, 3.63) is 47.2 Å². The van der Waals surface area contributed by atoms with E-state index in [2.05, 4.69) is 11.1 Å². The number of rotatable bonds is 4. The second-order valence-corrected chi connectivity index (χ2v) is 8.59. The minimum atomic E-state index is -3.86. The lowest BCUT2D eigenvalue weighted by atomic mass is 10.1. The van der Waals surface area contributed by atoms with Crippen LogP contribution in [-0.4, -0.2) is 35.4 Å². The Bertz CT molecular complexity index is 1210. The Kier molecular flexibility index (Phi) is 4.75. The monoisotopic (exact) mass is 416 g/mol. The Morgan fingerprint density at radius 3 is 2.68 bits per heavy atom. The number of hydrogen-bond acceptors (Lipinski definition) is 5. The molecule has 1 aliphatic heterocycles. The molecule has 0 N–H and O–H groups in total. The quantitative estimate of drug-likeness (QED) is 0.649. The number of aromatic nitrogens is 2. The second-order valence-electron chi connectivity index (χ2n) is 6.61.